The molecule has 0 N–H and O–H groups in total. The van der Waals surface area contributed by atoms with Crippen LogP contribution in [0.5, 0.6) is 0 Å². The SMILES string of the molecule is CCC(C)OC(=O)N1CCC2(CC1)CN([C@@H]1CCc3cc(-n4nccn4)ccc31)C2. The predicted octanol–water partition coefficient (Wildman–Crippen LogP) is 3.59. The van der Waals surface area contributed by atoms with Gasteiger partial charge in [0.05, 0.1) is 18.1 Å². The van der Waals surface area contributed by atoms with Gasteiger partial charge in [0.15, 0.2) is 0 Å². The fourth-order valence-corrected chi connectivity index (χ4v) is 5.28. The Morgan fingerprint density at radius 2 is 1.97 bits per heavy atom. The van der Waals surface area contributed by atoms with Crippen LogP contribution in [0.3, 0.4) is 0 Å². The van der Waals surface area contributed by atoms with E-state index >= 15 is 0 Å². The molecule has 7 nitrogen and oxygen atoms in total. The van der Waals surface area contributed by atoms with E-state index < -0.39 is 0 Å². The number of rotatable bonds is 4. The van der Waals surface area contributed by atoms with E-state index in [1.165, 1.54) is 17.5 Å². The van der Waals surface area contributed by atoms with Crippen LogP contribution in [0.25, 0.3) is 5.69 Å². The summed E-state index contributed by atoms with van der Waals surface area (Å²) >= 11 is 0. The van der Waals surface area contributed by atoms with Crippen molar-refractivity contribution in [1.29, 1.82) is 0 Å². The summed E-state index contributed by atoms with van der Waals surface area (Å²) < 4.78 is 5.50. The Morgan fingerprint density at radius 1 is 1.23 bits per heavy atom. The van der Waals surface area contributed by atoms with E-state index in [0.717, 1.165) is 57.5 Å². The molecule has 0 saturated carbocycles. The van der Waals surface area contributed by atoms with Crippen LogP contribution < -0.4 is 0 Å². The summed E-state index contributed by atoms with van der Waals surface area (Å²) in [5.74, 6) is 0. The molecule has 160 valence electrons. The van der Waals surface area contributed by atoms with Crippen LogP contribution in [0.1, 0.15) is 56.7 Å². The first kappa shape index (κ1) is 19.5. The summed E-state index contributed by atoms with van der Waals surface area (Å²) in [4.78, 5) is 18.5. The lowest BCUT2D eigenvalue weighted by molar-refractivity contribution is -0.0691. The van der Waals surface area contributed by atoms with Crippen LogP contribution in [-0.2, 0) is 11.2 Å². The number of amides is 1. The highest BCUT2D eigenvalue weighted by molar-refractivity contribution is 5.68. The smallest absolute Gasteiger partial charge is 0.410 e. The Hall–Kier alpha value is -2.41. The van der Waals surface area contributed by atoms with Crippen molar-refractivity contribution < 1.29 is 9.53 Å². The van der Waals surface area contributed by atoms with E-state index in [1.54, 1.807) is 17.2 Å². The Kier molecular flexibility index (Phi) is 5.01. The fourth-order valence-electron chi connectivity index (χ4n) is 5.28. The summed E-state index contributed by atoms with van der Waals surface area (Å²) in [5, 5.41) is 8.50. The number of fused-ring (bicyclic) bond motifs is 1. The van der Waals surface area contributed by atoms with E-state index in [1.807, 2.05) is 18.7 Å². The zero-order valence-corrected chi connectivity index (χ0v) is 18.0. The second-order valence-corrected chi connectivity index (χ2v) is 9.25. The van der Waals surface area contributed by atoms with Gasteiger partial charge >= 0.3 is 6.09 Å². The molecular weight excluding hydrogens is 378 g/mol. The number of hydrogen-bond acceptors (Lipinski definition) is 5. The molecule has 3 aliphatic rings. The lowest BCUT2D eigenvalue weighted by Crippen LogP contribution is -2.61. The van der Waals surface area contributed by atoms with Gasteiger partial charge in [-0.2, -0.15) is 15.0 Å². The highest BCUT2D eigenvalue weighted by Crippen LogP contribution is 2.47. The lowest BCUT2D eigenvalue weighted by atomic mass is 9.71. The quantitative estimate of drug-likeness (QED) is 0.772. The molecule has 1 unspecified atom stereocenters. The molecule has 3 heterocycles. The molecular formula is C23H31N5O2. The molecule has 1 aromatic heterocycles. The van der Waals surface area contributed by atoms with E-state index in [0.29, 0.717) is 11.5 Å². The molecule has 0 radical (unpaired) electrons. The van der Waals surface area contributed by atoms with E-state index in [-0.39, 0.29) is 12.2 Å². The van der Waals surface area contributed by atoms with Crippen molar-refractivity contribution in [3.05, 3.63) is 41.7 Å². The van der Waals surface area contributed by atoms with Crippen molar-refractivity contribution in [3.63, 3.8) is 0 Å². The molecule has 2 atom stereocenters. The van der Waals surface area contributed by atoms with Gasteiger partial charge in [0, 0.05) is 32.2 Å². The summed E-state index contributed by atoms with van der Waals surface area (Å²) in [5.41, 5.74) is 4.32. The van der Waals surface area contributed by atoms with Gasteiger partial charge in [-0.05, 0) is 67.7 Å². The van der Waals surface area contributed by atoms with Crippen LogP contribution in [-0.4, -0.2) is 63.2 Å². The Bertz CT molecular complexity index is 896. The number of likely N-dealkylation sites (tertiary alicyclic amines) is 2. The number of nitrogens with zero attached hydrogens (tertiary/aromatic N) is 5. The molecule has 2 aromatic rings. The molecule has 0 bridgehead atoms. The third-order valence-corrected chi connectivity index (χ3v) is 7.30. The van der Waals surface area contributed by atoms with Crippen LogP contribution >= 0.6 is 0 Å². The van der Waals surface area contributed by atoms with Gasteiger partial charge < -0.3 is 9.64 Å². The minimum Gasteiger partial charge on any atom is -0.446 e. The number of ether oxygens (including phenoxy) is 1. The Balaban J connectivity index is 1.17. The molecule has 5 rings (SSSR count). The van der Waals surface area contributed by atoms with E-state index in [9.17, 15) is 4.79 Å². The van der Waals surface area contributed by atoms with Crippen LogP contribution in [0.15, 0.2) is 30.6 Å². The fraction of sp³-hybridized carbons (Fsp3) is 0.609. The van der Waals surface area contributed by atoms with Crippen LogP contribution in [0, 0.1) is 5.41 Å². The summed E-state index contributed by atoms with van der Waals surface area (Å²) in [6.45, 7) is 7.94. The molecule has 2 fully saturated rings. The molecule has 1 amide bonds. The molecule has 1 spiro atoms. The maximum atomic E-state index is 12.3. The third-order valence-electron chi connectivity index (χ3n) is 7.30. The minimum absolute atomic E-state index is 0.000364. The minimum atomic E-state index is -0.137. The first-order valence-corrected chi connectivity index (χ1v) is 11.3. The molecule has 2 saturated heterocycles. The Morgan fingerprint density at radius 3 is 2.67 bits per heavy atom. The molecule has 7 heteroatoms. The number of hydrogen-bond donors (Lipinski definition) is 0. The molecule has 1 aromatic carbocycles. The monoisotopic (exact) mass is 409 g/mol. The van der Waals surface area contributed by atoms with Gasteiger partial charge in [0.1, 0.15) is 6.10 Å². The van der Waals surface area contributed by atoms with E-state index in [4.69, 9.17) is 4.74 Å². The largest absolute Gasteiger partial charge is 0.446 e. The van der Waals surface area contributed by atoms with Gasteiger partial charge in [-0.15, -0.1) is 0 Å². The highest BCUT2D eigenvalue weighted by atomic mass is 16.6. The zero-order valence-electron chi connectivity index (χ0n) is 18.0. The second kappa shape index (κ2) is 7.69. The van der Waals surface area contributed by atoms with Crippen molar-refractivity contribution in [3.8, 4) is 5.69 Å². The van der Waals surface area contributed by atoms with E-state index in [2.05, 4.69) is 33.3 Å². The Labute approximate surface area is 178 Å². The first-order chi connectivity index (χ1) is 14.6. The summed E-state index contributed by atoms with van der Waals surface area (Å²) in [6, 6.07) is 7.17. The van der Waals surface area contributed by atoms with Crippen molar-refractivity contribution in [2.75, 3.05) is 26.2 Å². The lowest BCUT2D eigenvalue weighted by Gasteiger charge is -2.56. The van der Waals surface area contributed by atoms with Crippen molar-refractivity contribution in [2.45, 2.75) is 58.1 Å². The van der Waals surface area contributed by atoms with Crippen molar-refractivity contribution >= 4 is 6.09 Å². The van der Waals surface area contributed by atoms with Gasteiger partial charge in [-0.3, -0.25) is 4.90 Å². The maximum Gasteiger partial charge on any atom is 0.410 e. The predicted molar refractivity (Wildman–Crippen MR) is 113 cm³/mol. The van der Waals surface area contributed by atoms with Crippen LogP contribution in [0.2, 0.25) is 0 Å². The number of carbonyl (C=O) groups excluding carboxylic acids is 1. The molecule has 2 aliphatic heterocycles. The van der Waals surface area contributed by atoms with Crippen molar-refractivity contribution in [1.82, 2.24) is 24.8 Å². The number of benzene rings is 1. The number of aryl methyl sites for hydroxylation is 1. The summed E-state index contributed by atoms with van der Waals surface area (Å²) in [6.07, 6.45) is 8.63. The first-order valence-electron chi connectivity index (χ1n) is 11.3. The number of aromatic nitrogens is 3. The van der Waals surface area contributed by atoms with Gasteiger partial charge in [0.25, 0.3) is 0 Å². The molecule has 30 heavy (non-hydrogen) atoms. The summed E-state index contributed by atoms with van der Waals surface area (Å²) in [7, 11) is 0. The van der Waals surface area contributed by atoms with Crippen LogP contribution in [0.4, 0.5) is 4.79 Å². The average molecular weight is 410 g/mol. The normalized spacial score (nSPS) is 23.8. The topological polar surface area (TPSA) is 63.5 Å². The molecule has 1 aliphatic carbocycles. The van der Waals surface area contributed by atoms with Crippen molar-refractivity contribution in [2.24, 2.45) is 5.41 Å². The number of piperidine rings is 1. The van der Waals surface area contributed by atoms with Gasteiger partial charge in [-0.1, -0.05) is 13.0 Å². The highest BCUT2D eigenvalue weighted by Gasteiger charge is 2.48. The zero-order chi connectivity index (χ0) is 20.7. The average Bonchev–Trinajstić information content (AvgIpc) is 3.41. The third kappa shape index (κ3) is 3.49. The second-order valence-electron chi connectivity index (χ2n) is 9.25. The maximum absolute atomic E-state index is 12.3. The number of carbonyl (C=O) groups is 1. The van der Waals surface area contributed by atoms with Gasteiger partial charge in [0.2, 0.25) is 0 Å². The van der Waals surface area contributed by atoms with Gasteiger partial charge in [-0.25, -0.2) is 4.79 Å². The standard InChI is InChI=1S/C23H31N5O2/c1-3-17(2)30-22(29)26-12-8-23(9-13-26)15-27(16-23)21-7-4-18-14-19(5-6-20(18)21)28-24-10-11-25-28/h5-6,10-11,14,17,21H,3-4,7-9,12-13,15-16H2,1-2H3/t17?,21-/m1/s1.